The number of hydrogen-bond donors (Lipinski definition) is 1. The third-order valence-electron chi connectivity index (χ3n) is 4.15. The molecule has 1 aromatic carbocycles. The molecule has 3 rings (SSSR count). The summed E-state index contributed by atoms with van der Waals surface area (Å²) in [5.41, 5.74) is -0.167. The van der Waals surface area contributed by atoms with Crippen molar-refractivity contribution in [2.45, 2.75) is 30.2 Å². The van der Waals surface area contributed by atoms with Crippen LogP contribution in [0.5, 0.6) is 0 Å². The van der Waals surface area contributed by atoms with Gasteiger partial charge in [-0.15, -0.1) is 0 Å². The van der Waals surface area contributed by atoms with Crippen molar-refractivity contribution in [3.63, 3.8) is 0 Å². The van der Waals surface area contributed by atoms with Crippen LogP contribution < -0.4 is 5.14 Å². The van der Waals surface area contributed by atoms with Gasteiger partial charge in [0.1, 0.15) is 5.82 Å². The molecule has 5 nitrogen and oxygen atoms in total. The van der Waals surface area contributed by atoms with Gasteiger partial charge in [0.2, 0.25) is 10.0 Å². The number of amides is 1. The van der Waals surface area contributed by atoms with Gasteiger partial charge in [-0.25, -0.2) is 17.9 Å². The Labute approximate surface area is 116 Å². The fourth-order valence-corrected chi connectivity index (χ4v) is 3.96. The number of sulfonamides is 1. The molecule has 1 saturated heterocycles. The predicted molar refractivity (Wildman–Crippen MR) is 69.9 cm³/mol. The first-order valence-electron chi connectivity index (χ1n) is 6.49. The first-order valence-corrected chi connectivity index (χ1v) is 8.04. The second-order valence-corrected chi connectivity index (χ2v) is 7.01. The Kier molecular flexibility index (Phi) is 3.06. The van der Waals surface area contributed by atoms with Crippen LogP contribution in [0.3, 0.4) is 0 Å². The van der Waals surface area contributed by atoms with E-state index in [0.717, 1.165) is 37.5 Å². The summed E-state index contributed by atoms with van der Waals surface area (Å²) in [6.45, 7) is 0.615. The summed E-state index contributed by atoms with van der Waals surface area (Å²) in [5, 5.41) is 5.10. The number of nitrogens with two attached hydrogens (primary N) is 1. The first kappa shape index (κ1) is 13.5. The van der Waals surface area contributed by atoms with Crippen molar-refractivity contribution in [2.24, 2.45) is 11.1 Å². The molecule has 2 N–H and O–H groups in total. The van der Waals surface area contributed by atoms with E-state index in [1.54, 1.807) is 4.90 Å². The second kappa shape index (κ2) is 4.53. The van der Waals surface area contributed by atoms with E-state index in [2.05, 4.69) is 0 Å². The van der Waals surface area contributed by atoms with Gasteiger partial charge >= 0.3 is 0 Å². The second-order valence-electron chi connectivity index (χ2n) is 5.48. The van der Waals surface area contributed by atoms with Crippen molar-refractivity contribution in [1.82, 2.24) is 4.90 Å². The van der Waals surface area contributed by atoms with E-state index in [4.69, 9.17) is 5.14 Å². The molecule has 1 heterocycles. The largest absolute Gasteiger partial charge is 0.335 e. The minimum absolute atomic E-state index is 0.143. The normalized spacial score (nSPS) is 25.2. The number of carbonyl (C=O) groups excluding carboxylic acids is 1. The minimum atomic E-state index is -4.05. The molecular weight excluding hydrogens is 283 g/mol. The Morgan fingerprint density at radius 2 is 2.10 bits per heavy atom. The van der Waals surface area contributed by atoms with Crippen molar-refractivity contribution in [1.29, 1.82) is 0 Å². The molecule has 1 aromatic rings. The lowest BCUT2D eigenvalue weighted by Gasteiger charge is -2.27. The van der Waals surface area contributed by atoms with Gasteiger partial charge in [0, 0.05) is 12.6 Å². The van der Waals surface area contributed by atoms with Gasteiger partial charge in [0.15, 0.2) is 0 Å². The van der Waals surface area contributed by atoms with Gasteiger partial charge in [-0.05, 0) is 43.4 Å². The number of piperidine rings is 1. The number of hydrogen-bond acceptors (Lipinski definition) is 3. The molecule has 1 aliphatic carbocycles. The molecule has 2 bridgehead atoms. The van der Waals surface area contributed by atoms with Crippen molar-refractivity contribution >= 4 is 15.9 Å². The number of primary sulfonamides is 1. The maximum Gasteiger partial charge on any atom is 0.255 e. The topological polar surface area (TPSA) is 80.5 Å². The molecule has 2 fully saturated rings. The number of rotatable bonds is 2. The molecule has 1 aliphatic heterocycles. The number of carbonyl (C=O) groups is 1. The standard InChI is InChI=1S/C13H15FN2O3S/c14-9-2-4-12(20(15,18)19)11(6-9)13(17)16-7-8-1-3-10(16)5-8/h2,4,6,8,10H,1,3,5,7H2,(H2,15,18,19). The van der Waals surface area contributed by atoms with Crippen LogP contribution in [-0.4, -0.2) is 31.8 Å². The van der Waals surface area contributed by atoms with Crippen LogP contribution in [0.25, 0.3) is 0 Å². The zero-order valence-corrected chi connectivity index (χ0v) is 11.6. The fourth-order valence-electron chi connectivity index (χ4n) is 3.25. The van der Waals surface area contributed by atoms with E-state index in [1.165, 1.54) is 0 Å². The number of likely N-dealkylation sites (tertiary alicyclic amines) is 1. The fraction of sp³-hybridized carbons (Fsp3) is 0.462. The molecule has 2 atom stereocenters. The van der Waals surface area contributed by atoms with Crippen molar-refractivity contribution in [3.8, 4) is 0 Å². The molecule has 2 aliphatic rings. The quantitative estimate of drug-likeness (QED) is 0.887. The van der Waals surface area contributed by atoms with Gasteiger partial charge in [0.05, 0.1) is 10.5 Å². The van der Waals surface area contributed by atoms with Gasteiger partial charge in [-0.3, -0.25) is 4.79 Å². The van der Waals surface area contributed by atoms with Crippen LogP contribution in [0, 0.1) is 11.7 Å². The summed E-state index contributed by atoms with van der Waals surface area (Å²) in [7, 11) is -4.05. The maximum atomic E-state index is 13.4. The van der Waals surface area contributed by atoms with Crippen LogP contribution in [0.1, 0.15) is 29.6 Å². The molecule has 7 heteroatoms. The summed E-state index contributed by atoms with van der Waals surface area (Å²) in [4.78, 5) is 13.8. The highest BCUT2D eigenvalue weighted by molar-refractivity contribution is 7.89. The zero-order valence-electron chi connectivity index (χ0n) is 10.8. The van der Waals surface area contributed by atoms with Crippen LogP contribution in [0.4, 0.5) is 4.39 Å². The lowest BCUT2D eigenvalue weighted by molar-refractivity contribution is 0.0699. The van der Waals surface area contributed by atoms with E-state index >= 15 is 0 Å². The smallest absolute Gasteiger partial charge is 0.255 e. The lowest BCUT2D eigenvalue weighted by Crippen LogP contribution is -2.38. The highest BCUT2D eigenvalue weighted by Gasteiger charge is 2.41. The molecule has 1 saturated carbocycles. The Balaban J connectivity index is 2.01. The lowest BCUT2D eigenvalue weighted by atomic mass is 10.1. The first-order chi connectivity index (χ1) is 9.36. The molecule has 2 unspecified atom stereocenters. The zero-order chi connectivity index (χ0) is 14.5. The summed E-state index contributed by atoms with van der Waals surface area (Å²) in [6.07, 6.45) is 2.97. The number of halogens is 1. The average Bonchev–Trinajstić information content (AvgIpc) is 2.98. The third-order valence-corrected chi connectivity index (χ3v) is 5.12. The van der Waals surface area contributed by atoms with E-state index in [1.807, 2.05) is 0 Å². The summed E-state index contributed by atoms with van der Waals surface area (Å²) in [5.74, 6) is -0.610. The van der Waals surface area contributed by atoms with Crippen LogP contribution in [0.15, 0.2) is 23.1 Å². The van der Waals surface area contributed by atoms with Gasteiger partial charge in [-0.2, -0.15) is 0 Å². The highest BCUT2D eigenvalue weighted by atomic mass is 32.2. The Morgan fingerprint density at radius 3 is 2.65 bits per heavy atom. The number of benzene rings is 1. The van der Waals surface area contributed by atoms with Gasteiger partial charge in [-0.1, -0.05) is 0 Å². The van der Waals surface area contributed by atoms with Gasteiger partial charge in [0.25, 0.3) is 5.91 Å². The monoisotopic (exact) mass is 298 g/mol. The highest BCUT2D eigenvalue weighted by Crippen LogP contribution is 2.38. The molecule has 20 heavy (non-hydrogen) atoms. The van der Waals surface area contributed by atoms with E-state index in [0.29, 0.717) is 12.5 Å². The van der Waals surface area contributed by atoms with E-state index in [9.17, 15) is 17.6 Å². The van der Waals surface area contributed by atoms with Crippen molar-refractivity contribution in [3.05, 3.63) is 29.6 Å². The Hall–Kier alpha value is -1.47. The van der Waals surface area contributed by atoms with Crippen LogP contribution in [-0.2, 0) is 10.0 Å². The average molecular weight is 298 g/mol. The van der Waals surface area contributed by atoms with Crippen molar-refractivity contribution in [2.75, 3.05) is 6.54 Å². The molecular formula is C13H15FN2O3S. The molecule has 0 spiro atoms. The summed E-state index contributed by atoms with van der Waals surface area (Å²) >= 11 is 0. The van der Waals surface area contributed by atoms with Crippen molar-refractivity contribution < 1.29 is 17.6 Å². The van der Waals surface area contributed by atoms with Gasteiger partial charge < -0.3 is 4.90 Å². The minimum Gasteiger partial charge on any atom is -0.335 e. The summed E-state index contributed by atoms with van der Waals surface area (Å²) < 4.78 is 36.4. The Morgan fingerprint density at radius 1 is 1.35 bits per heavy atom. The SMILES string of the molecule is NS(=O)(=O)c1ccc(F)cc1C(=O)N1CC2CCC1C2. The van der Waals surface area contributed by atoms with E-state index < -0.39 is 21.7 Å². The molecule has 108 valence electrons. The van der Waals surface area contributed by atoms with E-state index in [-0.39, 0.29) is 16.5 Å². The third kappa shape index (κ3) is 2.20. The van der Waals surface area contributed by atoms with Crippen LogP contribution in [0.2, 0.25) is 0 Å². The molecule has 0 radical (unpaired) electrons. The predicted octanol–water partition coefficient (Wildman–Crippen LogP) is 1.10. The maximum absolute atomic E-state index is 13.4. The molecule has 0 aromatic heterocycles. The number of nitrogens with zero attached hydrogens (tertiary/aromatic N) is 1. The Bertz CT molecular complexity index is 674. The van der Waals surface area contributed by atoms with Crippen LogP contribution >= 0.6 is 0 Å². The molecule has 1 amide bonds. The summed E-state index contributed by atoms with van der Waals surface area (Å²) in [6, 6.07) is 3.14. The number of fused-ring (bicyclic) bond motifs is 2.